The summed E-state index contributed by atoms with van der Waals surface area (Å²) < 4.78 is 0. The zero-order chi connectivity index (χ0) is 7.28. The van der Waals surface area contributed by atoms with Crippen molar-refractivity contribution in [2.24, 2.45) is 0 Å². The molecule has 0 aliphatic heterocycles. The molecule has 0 aromatic rings. The number of hydrogen-bond acceptors (Lipinski definition) is 2. The van der Waals surface area contributed by atoms with Gasteiger partial charge in [0.05, 0.1) is 0 Å². The van der Waals surface area contributed by atoms with E-state index in [-0.39, 0.29) is 0 Å². The summed E-state index contributed by atoms with van der Waals surface area (Å²) in [5, 5.41) is 19.1. The van der Waals surface area contributed by atoms with E-state index in [4.69, 9.17) is 10.2 Å². The topological polar surface area (TPSA) is 88.7 Å². The maximum Gasteiger partial charge on any atom is 0.319 e. The summed E-state index contributed by atoms with van der Waals surface area (Å²) in [6, 6.07) is 0. The monoisotopic (exact) mass is 132 g/mol. The average Bonchev–Trinajstić information content (AvgIpc) is 1.63. The van der Waals surface area contributed by atoms with Gasteiger partial charge in [0, 0.05) is 0 Å². The zero-order valence-electron chi connectivity index (χ0n) is 4.57. The molecular formula is C4H6NO4. The smallest absolute Gasteiger partial charge is 0.319 e. The van der Waals surface area contributed by atoms with Crippen LogP contribution in [0.15, 0.2) is 0 Å². The second-order valence-corrected chi connectivity index (χ2v) is 1.33. The van der Waals surface area contributed by atoms with Crippen molar-refractivity contribution in [2.75, 3.05) is 13.1 Å². The lowest BCUT2D eigenvalue weighted by Gasteiger charge is -1.90. The molecule has 0 aliphatic rings. The first kappa shape index (κ1) is 7.90. The lowest BCUT2D eigenvalue weighted by molar-refractivity contribution is -0.137. The molecule has 0 heterocycles. The van der Waals surface area contributed by atoms with Crippen LogP contribution in [0.3, 0.4) is 0 Å². The highest BCUT2D eigenvalue weighted by molar-refractivity contribution is 5.72. The Labute approximate surface area is 51.3 Å². The van der Waals surface area contributed by atoms with E-state index in [1.165, 1.54) is 0 Å². The number of nitrogens with zero attached hydrogens (tertiary/aromatic N) is 1. The molecule has 0 aromatic carbocycles. The molecular weight excluding hydrogens is 126 g/mol. The van der Waals surface area contributed by atoms with E-state index >= 15 is 0 Å². The van der Waals surface area contributed by atoms with Gasteiger partial charge in [0.15, 0.2) is 0 Å². The van der Waals surface area contributed by atoms with Crippen LogP contribution in [0.25, 0.3) is 0 Å². The molecule has 5 heteroatoms. The lowest BCUT2D eigenvalue weighted by atomic mass is 10.6. The van der Waals surface area contributed by atoms with Gasteiger partial charge in [0.1, 0.15) is 13.1 Å². The van der Waals surface area contributed by atoms with Gasteiger partial charge < -0.3 is 10.2 Å². The van der Waals surface area contributed by atoms with Crippen LogP contribution in [-0.2, 0) is 9.59 Å². The third-order valence-electron chi connectivity index (χ3n) is 0.494. The van der Waals surface area contributed by atoms with Gasteiger partial charge in [0.2, 0.25) is 0 Å². The maximum atomic E-state index is 9.69. The van der Waals surface area contributed by atoms with Crippen LogP contribution in [0.5, 0.6) is 0 Å². The highest BCUT2D eigenvalue weighted by Crippen LogP contribution is 1.64. The molecule has 9 heavy (non-hydrogen) atoms. The average molecular weight is 132 g/mol. The van der Waals surface area contributed by atoms with Crippen molar-refractivity contribution < 1.29 is 19.8 Å². The normalized spacial score (nSPS) is 8.89. The van der Waals surface area contributed by atoms with Crippen molar-refractivity contribution in [2.45, 2.75) is 0 Å². The molecule has 51 valence electrons. The molecule has 0 atom stereocenters. The summed E-state index contributed by atoms with van der Waals surface area (Å²) in [5.74, 6) is -2.23. The van der Waals surface area contributed by atoms with Crippen molar-refractivity contribution in [1.29, 1.82) is 0 Å². The van der Waals surface area contributed by atoms with Crippen LogP contribution in [0.1, 0.15) is 0 Å². The Morgan fingerprint density at radius 3 is 1.67 bits per heavy atom. The molecule has 5 nitrogen and oxygen atoms in total. The molecule has 1 radical (unpaired) electrons. The van der Waals surface area contributed by atoms with Crippen molar-refractivity contribution in [3.63, 3.8) is 0 Å². The number of aliphatic carboxylic acids is 2. The molecule has 0 fully saturated rings. The maximum absolute atomic E-state index is 9.69. The number of hydrogen-bond donors (Lipinski definition) is 2. The standard InChI is InChI=1S/C4H6NO4/c6-3(7)1-5-2-4(8)9/h1-2H2,(H,6,7)(H,8,9). The second-order valence-electron chi connectivity index (χ2n) is 1.33. The summed E-state index contributed by atoms with van der Waals surface area (Å²) in [4.78, 5) is 19.4. The Bertz CT molecular complexity index is 108. The van der Waals surface area contributed by atoms with E-state index in [9.17, 15) is 9.59 Å². The van der Waals surface area contributed by atoms with Crippen LogP contribution in [-0.4, -0.2) is 35.2 Å². The predicted octanol–water partition coefficient (Wildman–Crippen LogP) is -1.24. The first-order valence-electron chi connectivity index (χ1n) is 2.20. The van der Waals surface area contributed by atoms with Crippen LogP contribution < -0.4 is 5.32 Å². The minimum Gasteiger partial charge on any atom is -0.480 e. The molecule has 0 saturated carbocycles. The SMILES string of the molecule is O=C(O)C[N]CC(=O)O. The van der Waals surface area contributed by atoms with Gasteiger partial charge in [-0.3, -0.25) is 9.59 Å². The second kappa shape index (κ2) is 3.85. The molecule has 0 saturated heterocycles. The zero-order valence-corrected chi connectivity index (χ0v) is 4.57. The summed E-state index contributed by atoms with van der Waals surface area (Å²) in [6.45, 7) is -0.876. The van der Waals surface area contributed by atoms with Gasteiger partial charge in [-0.1, -0.05) is 0 Å². The van der Waals surface area contributed by atoms with Gasteiger partial charge in [-0.25, -0.2) is 5.32 Å². The molecule has 0 aliphatic carbocycles. The summed E-state index contributed by atoms with van der Waals surface area (Å²) in [7, 11) is 0. The Morgan fingerprint density at radius 1 is 1.11 bits per heavy atom. The number of carboxylic acids is 2. The number of carbonyl (C=O) groups is 2. The molecule has 0 unspecified atom stereocenters. The van der Waals surface area contributed by atoms with Crippen LogP contribution in [0.2, 0.25) is 0 Å². The van der Waals surface area contributed by atoms with Crippen LogP contribution in [0, 0.1) is 0 Å². The first-order valence-corrected chi connectivity index (χ1v) is 2.20. The summed E-state index contributed by atoms with van der Waals surface area (Å²) in [5.41, 5.74) is 0. The fourth-order valence-corrected chi connectivity index (χ4v) is 0.247. The predicted molar refractivity (Wildman–Crippen MR) is 27.1 cm³/mol. The van der Waals surface area contributed by atoms with E-state index in [1.807, 2.05) is 0 Å². The van der Waals surface area contributed by atoms with Crippen molar-refractivity contribution >= 4 is 11.9 Å². The molecule has 0 rings (SSSR count). The van der Waals surface area contributed by atoms with E-state index < -0.39 is 25.0 Å². The number of rotatable bonds is 4. The largest absolute Gasteiger partial charge is 0.480 e. The highest BCUT2D eigenvalue weighted by atomic mass is 16.4. The van der Waals surface area contributed by atoms with Crippen LogP contribution >= 0.6 is 0 Å². The van der Waals surface area contributed by atoms with E-state index in [2.05, 4.69) is 5.32 Å². The van der Waals surface area contributed by atoms with Crippen LogP contribution in [0.4, 0.5) is 0 Å². The van der Waals surface area contributed by atoms with E-state index in [0.717, 1.165) is 0 Å². The Balaban J connectivity index is 3.10. The van der Waals surface area contributed by atoms with Crippen molar-refractivity contribution in [3.05, 3.63) is 0 Å². The van der Waals surface area contributed by atoms with Gasteiger partial charge in [-0.05, 0) is 0 Å². The summed E-state index contributed by atoms with van der Waals surface area (Å²) >= 11 is 0. The molecule has 2 N–H and O–H groups in total. The van der Waals surface area contributed by atoms with Gasteiger partial charge in [-0.2, -0.15) is 0 Å². The minimum atomic E-state index is -1.11. The Kier molecular flexibility index (Phi) is 3.38. The van der Waals surface area contributed by atoms with Crippen molar-refractivity contribution in [3.8, 4) is 0 Å². The minimum absolute atomic E-state index is 0.438. The van der Waals surface area contributed by atoms with E-state index in [0.29, 0.717) is 0 Å². The first-order chi connectivity index (χ1) is 4.13. The fourth-order valence-electron chi connectivity index (χ4n) is 0.247. The highest BCUT2D eigenvalue weighted by Gasteiger charge is 1.99. The third-order valence-corrected chi connectivity index (χ3v) is 0.494. The summed E-state index contributed by atoms with van der Waals surface area (Å²) in [6.07, 6.45) is 0. The quantitative estimate of drug-likeness (QED) is 0.500. The van der Waals surface area contributed by atoms with E-state index in [1.54, 1.807) is 0 Å². The molecule has 0 spiro atoms. The van der Waals surface area contributed by atoms with Gasteiger partial charge in [0.25, 0.3) is 0 Å². The lowest BCUT2D eigenvalue weighted by Crippen LogP contribution is -2.21. The van der Waals surface area contributed by atoms with Gasteiger partial charge >= 0.3 is 11.9 Å². The number of carboxylic acid groups (broad SMARTS) is 2. The molecule has 0 amide bonds. The Hall–Kier alpha value is -1.10. The van der Waals surface area contributed by atoms with Gasteiger partial charge in [-0.15, -0.1) is 0 Å². The van der Waals surface area contributed by atoms with Crippen molar-refractivity contribution in [1.82, 2.24) is 5.32 Å². The molecule has 0 aromatic heterocycles. The Morgan fingerprint density at radius 2 is 1.44 bits per heavy atom. The molecule has 0 bridgehead atoms. The fraction of sp³-hybridized carbons (Fsp3) is 0.500. The third kappa shape index (κ3) is 6.90.